The molecule has 1 aliphatic rings. The van der Waals surface area contributed by atoms with Crippen LogP contribution in [0.4, 0.5) is 0 Å². The van der Waals surface area contributed by atoms with Crippen LogP contribution in [-0.4, -0.2) is 63.3 Å². The number of ether oxygens (including phenoxy) is 1. The number of nitrogens with one attached hydrogen (secondary N) is 2. The second-order valence-electron chi connectivity index (χ2n) is 7.05. The maximum Gasteiger partial charge on any atom is 0.191 e. The minimum Gasteiger partial charge on any atom is -0.379 e. The van der Waals surface area contributed by atoms with Crippen LogP contribution >= 0.6 is 0 Å². The van der Waals surface area contributed by atoms with Crippen molar-refractivity contribution < 1.29 is 4.74 Å². The van der Waals surface area contributed by atoms with Crippen molar-refractivity contribution in [3.63, 3.8) is 0 Å². The molecular weight excluding hydrogens is 288 g/mol. The summed E-state index contributed by atoms with van der Waals surface area (Å²) in [7, 11) is 0. The first kappa shape index (κ1) is 20.2. The highest BCUT2D eigenvalue weighted by molar-refractivity contribution is 5.79. The third-order valence-electron chi connectivity index (χ3n) is 4.08. The Kier molecular flexibility index (Phi) is 11.1. The Morgan fingerprint density at radius 3 is 2.52 bits per heavy atom. The normalized spacial score (nSPS) is 18.2. The van der Waals surface area contributed by atoms with Crippen LogP contribution in [0.5, 0.6) is 0 Å². The molecule has 1 rings (SSSR count). The highest BCUT2D eigenvalue weighted by Crippen LogP contribution is 2.05. The SMILES string of the molecule is CCNC(=NCC(C)CN1CCOCC1)NCCCCC(C)C. The highest BCUT2D eigenvalue weighted by atomic mass is 16.5. The second-order valence-corrected chi connectivity index (χ2v) is 7.05. The molecule has 5 nitrogen and oxygen atoms in total. The van der Waals surface area contributed by atoms with E-state index in [1.807, 2.05) is 0 Å². The van der Waals surface area contributed by atoms with Gasteiger partial charge in [0.25, 0.3) is 0 Å². The number of hydrogen-bond donors (Lipinski definition) is 2. The molecule has 1 atom stereocenters. The monoisotopic (exact) mass is 326 g/mol. The van der Waals surface area contributed by atoms with Gasteiger partial charge in [-0.1, -0.05) is 33.6 Å². The predicted octanol–water partition coefficient (Wildman–Crippen LogP) is 2.34. The van der Waals surface area contributed by atoms with Gasteiger partial charge in [-0.2, -0.15) is 0 Å². The average Bonchev–Trinajstić information content (AvgIpc) is 2.53. The molecular formula is C18H38N4O. The van der Waals surface area contributed by atoms with E-state index in [-0.39, 0.29) is 0 Å². The van der Waals surface area contributed by atoms with Crippen LogP contribution in [0.2, 0.25) is 0 Å². The summed E-state index contributed by atoms with van der Waals surface area (Å²) < 4.78 is 5.40. The molecule has 0 bridgehead atoms. The van der Waals surface area contributed by atoms with Crippen molar-refractivity contribution in [3.05, 3.63) is 0 Å². The minimum absolute atomic E-state index is 0.574. The molecule has 1 fully saturated rings. The number of morpholine rings is 1. The quantitative estimate of drug-likeness (QED) is 0.367. The van der Waals surface area contributed by atoms with Gasteiger partial charge < -0.3 is 15.4 Å². The van der Waals surface area contributed by atoms with Crippen molar-refractivity contribution in [2.24, 2.45) is 16.8 Å². The molecule has 1 heterocycles. The summed E-state index contributed by atoms with van der Waals surface area (Å²) in [6.45, 7) is 16.7. The van der Waals surface area contributed by atoms with Crippen LogP contribution in [0.3, 0.4) is 0 Å². The molecule has 1 aliphatic heterocycles. The molecule has 0 spiro atoms. The molecule has 1 saturated heterocycles. The van der Waals surface area contributed by atoms with Crippen molar-refractivity contribution >= 4 is 5.96 Å². The summed E-state index contributed by atoms with van der Waals surface area (Å²) in [6.07, 6.45) is 3.81. The maximum absolute atomic E-state index is 5.40. The standard InChI is InChI=1S/C18H38N4O/c1-5-19-18(20-9-7-6-8-16(2)3)21-14-17(4)15-22-10-12-23-13-11-22/h16-17H,5-15H2,1-4H3,(H2,19,20,21). The number of unbranched alkanes of at least 4 members (excludes halogenated alkanes) is 1. The number of hydrogen-bond acceptors (Lipinski definition) is 3. The molecule has 0 aliphatic carbocycles. The first-order valence-electron chi connectivity index (χ1n) is 9.44. The fourth-order valence-corrected chi connectivity index (χ4v) is 2.76. The summed E-state index contributed by atoms with van der Waals surface area (Å²) in [6, 6.07) is 0. The number of aliphatic imine (C=N–C) groups is 1. The Morgan fingerprint density at radius 1 is 1.13 bits per heavy atom. The van der Waals surface area contributed by atoms with Crippen molar-refractivity contribution in [2.45, 2.75) is 47.0 Å². The van der Waals surface area contributed by atoms with Gasteiger partial charge in [0.1, 0.15) is 0 Å². The van der Waals surface area contributed by atoms with Gasteiger partial charge in [0.2, 0.25) is 0 Å². The molecule has 5 heteroatoms. The van der Waals surface area contributed by atoms with Crippen molar-refractivity contribution in [3.8, 4) is 0 Å². The summed E-state index contributed by atoms with van der Waals surface area (Å²) in [5, 5.41) is 6.81. The van der Waals surface area contributed by atoms with E-state index in [1.54, 1.807) is 0 Å². The summed E-state index contributed by atoms with van der Waals surface area (Å²) >= 11 is 0. The third kappa shape index (κ3) is 10.6. The topological polar surface area (TPSA) is 48.9 Å². The minimum atomic E-state index is 0.574. The molecule has 0 saturated carbocycles. The Morgan fingerprint density at radius 2 is 1.87 bits per heavy atom. The Labute approximate surface area is 143 Å². The lowest BCUT2D eigenvalue weighted by molar-refractivity contribution is 0.0323. The van der Waals surface area contributed by atoms with E-state index in [0.29, 0.717) is 5.92 Å². The van der Waals surface area contributed by atoms with Crippen LogP contribution in [0.25, 0.3) is 0 Å². The number of nitrogens with zero attached hydrogens (tertiary/aromatic N) is 2. The molecule has 0 aromatic rings. The Balaban J connectivity index is 2.23. The molecule has 2 N–H and O–H groups in total. The van der Waals surface area contributed by atoms with Gasteiger partial charge in [-0.3, -0.25) is 9.89 Å². The predicted molar refractivity (Wildman–Crippen MR) is 99.1 cm³/mol. The van der Waals surface area contributed by atoms with Crippen LogP contribution in [0.15, 0.2) is 4.99 Å². The molecule has 0 amide bonds. The summed E-state index contributed by atoms with van der Waals surface area (Å²) in [5.74, 6) is 2.34. The van der Waals surface area contributed by atoms with E-state index >= 15 is 0 Å². The van der Waals surface area contributed by atoms with Gasteiger partial charge in [0, 0.05) is 39.3 Å². The third-order valence-corrected chi connectivity index (χ3v) is 4.08. The molecule has 1 unspecified atom stereocenters. The lowest BCUT2D eigenvalue weighted by Gasteiger charge is -2.28. The van der Waals surface area contributed by atoms with Crippen molar-refractivity contribution in [1.82, 2.24) is 15.5 Å². The van der Waals surface area contributed by atoms with Crippen LogP contribution in [-0.2, 0) is 4.74 Å². The van der Waals surface area contributed by atoms with Crippen LogP contribution in [0.1, 0.15) is 47.0 Å². The maximum atomic E-state index is 5.40. The van der Waals surface area contributed by atoms with E-state index in [0.717, 1.165) is 64.4 Å². The largest absolute Gasteiger partial charge is 0.379 e. The first-order valence-corrected chi connectivity index (χ1v) is 9.44. The Bertz CT molecular complexity index is 314. The van der Waals surface area contributed by atoms with E-state index in [9.17, 15) is 0 Å². The molecule has 0 radical (unpaired) electrons. The van der Waals surface area contributed by atoms with Gasteiger partial charge in [-0.05, 0) is 25.2 Å². The van der Waals surface area contributed by atoms with Crippen molar-refractivity contribution in [1.29, 1.82) is 0 Å². The zero-order valence-corrected chi connectivity index (χ0v) is 15.7. The van der Waals surface area contributed by atoms with Gasteiger partial charge in [-0.25, -0.2) is 0 Å². The fraction of sp³-hybridized carbons (Fsp3) is 0.944. The first-order chi connectivity index (χ1) is 11.1. The molecule has 0 aromatic heterocycles. The molecule has 136 valence electrons. The van der Waals surface area contributed by atoms with Crippen LogP contribution < -0.4 is 10.6 Å². The summed E-state index contributed by atoms with van der Waals surface area (Å²) in [5.41, 5.74) is 0. The average molecular weight is 327 g/mol. The van der Waals surface area contributed by atoms with E-state index in [2.05, 4.69) is 43.2 Å². The smallest absolute Gasteiger partial charge is 0.191 e. The molecule has 0 aromatic carbocycles. The number of guanidine groups is 1. The van der Waals surface area contributed by atoms with Gasteiger partial charge in [0.05, 0.1) is 13.2 Å². The van der Waals surface area contributed by atoms with E-state index < -0.39 is 0 Å². The fourth-order valence-electron chi connectivity index (χ4n) is 2.76. The van der Waals surface area contributed by atoms with Crippen LogP contribution in [0, 0.1) is 11.8 Å². The zero-order valence-electron chi connectivity index (χ0n) is 15.7. The molecule has 23 heavy (non-hydrogen) atoms. The van der Waals surface area contributed by atoms with Crippen molar-refractivity contribution in [2.75, 3.05) is 52.5 Å². The zero-order chi connectivity index (χ0) is 16.9. The van der Waals surface area contributed by atoms with Gasteiger partial charge in [-0.15, -0.1) is 0 Å². The van der Waals surface area contributed by atoms with E-state index in [4.69, 9.17) is 9.73 Å². The van der Waals surface area contributed by atoms with E-state index in [1.165, 1.54) is 19.3 Å². The highest BCUT2D eigenvalue weighted by Gasteiger charge is 2.13. The van der Waals surface area contributed by atoms with Gasteiger partial charge in [0.15, 0.2) is 5.96 Å². The van der Waals surface area contributed by atoms with Gasteiger partial charge >= 0.3 is 0 Å². The lowest BCUT2D eigenvalue weighted by Crippen LogP contribution is -2.40. The second kappa shape index (κ2) is 12.6. The lowest BCUT2D eigenvalue weighted by atomic mass is 10.1. The number of rotatable bonds is 10. The summed E-state index contributed by atoms with van der Waals surface area (Å²) in [4.78, 5) is 7.23. The Hall–Kier alpha value is -0.810.